The molecule has 2 aliphatic rings. The quantitative estimate of drug-likeness (QED) is 0.775. The summed E-state index contributed by atoms with van der Waals surface area (Å²) in [6, 6.07) is 15.2. The van der Waals surface area contributed by atoms with E-state index in [0.717, 1.165) is 37.2 Å². The maximum atomic E-state index is 12.3. The van der Waals surface area contributed by atoms with Crippen LogP contribution in [0.25, 0.3) is 0 Å². The van der Waals surface area contributed by atoms with E-state index in [1.165, 1.54) is 10.4 Å². The van der Waals surface area contributed by atoms with Crippen LogP contribution in [0.15, 0.2) is 42.5 Å². The van der Waals surface area contributed by atoms with Crippen LogP contribution < -0.4 is 16.2 Å². The number of amides is 1. The SMILES string of the molecule is Cc1ccc(C(=O)NC2CCN(C3CC(c4ccccc4)NN3)CC2)s1. The first-order valence-electron chi connectivity index (χ1n) is 9.36. The molecule has 0 aliphatic carbocycles. The first kappa shape index (κ1) is 17.7. The van der Waals surface area contributed by atoms with Gasteiger partial charge in [0.1, 0.15) is 0 Å². The number of benzene rings is 1. The number of hydrogen-bond acceptors (Lipinski definition) is 5. The molecule has 0 spiro atoms. The van der Waals surface area contributed by atoms with Gasteiger partial charge in [0, 0.05) is 30.1 Å². The zero-order valence-electron chi connectivity index (χ0n) is 15.1. The van der Waals surface area contributed by atoms with Crippen LogP contribution in [-0.4, -0.2) is 36.1 Å². The van der Waals surface area contributed by atoms with Gasteiger partial charge < -0.3 is 5.32 Å². The number of piperidine rings is 1. The minimum absolute atomic E-state index is 0.0753. The van der Waals surface area contributed by atoms with Gasteiger partial charge in [-0.05, 0) is 43.9 Å². The fourth-order valence-electron chi connectivity index (χ4n) is 3.85. The average molecular weight is 371 g/mol. The van der Waals surface area contributed by atoms with Gasteiger partial charge in [-0.2, -0.15) is 0 Å². The van der Waals surface area contributed by atoms with E-state index in [1.54, 1.807) is 11.3 Å². The molecule has 2 saturated heterocycles. The van der Waals surface area contributed by atoms with Crippen molar-refractivity contribution in [2.24, 2.45) is 0 Å². The van der Waals surface area contributed by atoms with Crippen molar-refractivity contribution in [1.82, 2.24) is 21.1 Å². The lowest BCUT2D eigenvalue weighted by Gasteiger charge is -2.35. The molecule has 3 heterocycles. The molecule has 1 amide bonds. The van der Waals surface area contributed by atoms with Crippen LogP contribution in [-0.2, 0) is 0 Å². The largest absolute Gasteiger partial charge is 0.349 e. The zero-order chi connectivity index (χ0) is 17.9. The van der Waals surface area contributed by atoms with E-state index in [1.807, 2.05) is 19.1 Å². The van der Waals surface area contributed by atoms with Crippen molar-refractivity contribution in [3.63, 3.8) is 0 Å². The highest BCUT2D eigenvalue weighted by molar-refractivity contribution is 7.13. The number of hydrogen-bond donors (Lipinski definition) is 3. The van der Waals surface area contributed by atoms with Gasteiger partial charge in [-0.25, -0.2) is 10.9 Å². The number of carbonyl (C=O) groups excluding carboxylic acids is 1. The Morgan fingerprint density at radius 3 is 2.58 bits per heavy atom. The Kier molecular flexibility index (Phi) is 5.36. The number of aryl methyl sites for hydroxylation is 1. The third kappa shape index (κ3) is 3.99. The topological polar surface area (TPSA) is 56.4 Å². The van der Waals surface area contributed by atoms with Crippen molar-refractivity contribution in [2.75, 3.05) is 13.1 Å². The molecule has 5 nitrogen and oxygen atoms in total. The summed E-state index contributed by atoms with van der Waals surface area (Å²) in [5, 5.41) is 3.20. The predicted octanol–water partition coefficient (Wildman–Crippen LogP) is 2.82. The van der Waals surface area contributed by atoms with Crippen LogP contribution >= 0.6 is 11.3 Å². The molecular formula is C20H26N4OS. The molecule has 1 aromatic heterocycles. The van der Waals surface area contributed by atoms with E-state index in [0.29, 0.717) is 12.2 Å². The number of nitrogens with one attached hydrogen (secondary N) is 3. The smallest absolute Gasteiger partial charge is 0.261 e. The Morgan fingerprint density at radius 2 is 1.88 bits per heavy atom. The molecule has 6 heteroatoms. The van der Waals surface area contributed by atoms with Gasteiger partial charge in [0.15, 0.2) is 0 Å². The molecule has 2 unspecified atom stereocenters. The molecule has 2 aromatic rings. The second-order valence-electron chi connectivity index (χ2n) is 7.20. The summed E-state index contributed by atoms with van der Waals surface area (Å²) in [5.74, 6) is 0.0753. The molecule has 138 valence electrons. The van der Waals surface area contributed by atoms with E-state index in [4.69, 9.17) is 0 Å². The number of hydrazine groups is 1. The Bertz CT molecular complexity index is 739. The number of carbonyl (C=O) groups is 1. The van der Waals surface area contributed by atoms with Gasteiger partial charge in [0.2, 0.25) is 0 Å². The number of rotatable bonds is 4. The highest BCUT2D eigenvalue weighted by atomic mass is 32.1. The van der Waals surface area contributed by atoms with Crippen molar-refractivity contribution in [3.8, 4) is 0 Å². The Labute approximate surface area is 158 Å². The first-order chi connectivity index (χ1) is 12.7. The summed E-state index contributed by atoms with van der Waals surface area (Å²) in [4.78, 5) is 16.8. The molecule has 0 saturated carbocycles. The van der Waals surface area contributed by atoms with Crippen LogP contribution in [0.5, 0.6) is 0 Å². The summed E-state index contributed by atoms with van der Waals surface area (Å²) in [7, 11) is 0. The van der Waals surface area contributed by atoms with Crippen molar-refractivity contribution in [1.29, 1.82) is 0 Å². The molecule has 2 fully saturated rings. The third-order valence-corrected chi connectivity index (χ3v) is 6.35. The van der Waals surface area contributed by atoms with Crippen molar-refractivity contribution >= 4 is 17.2 Å². The van der Waals surface area contributed by atoms with Gasteiger partial charge in [0.25, 0.3) is 5.91 Å². The Hall–Kier alpha value is -1.73. The van der Waals surface area contributed by atoms with Gasteiger partial charge in [-0.1, -0.05) is 30.3 Å². The van der Waals surface area contributed by atoms with Crippen molar-refractivity contribution in [2.45, 2.75) is 44.4 Å². The number of thiophene rings is 1. The highest BCUT2D eigenvalue weighted by Crippen LogP contribution is 2.25. The maximum absolute atomic E-state index is 12.3. The van der Waals surface area contributed by atoms with E-state index >= 15 is 0 Å². The molecule has 26 heavy (non-hydrogen) atoms. The average Bonchev–Trinajstić information content (AvgIpc) is 3.32. The van der Waals surface area contributed by atoms with Crippen LogP contribution in [0.3, 0.4) is 0 Å². The molecule has 2 atom stereocenters. The summed E-state index contributed by atoms with van der Waals surface area (Å²) >= 11 is 1.56. The zero-order valence-corrected chi connectivity index (χ0v) is 15.9. The van der Waals surface area contributed by atoms with Gasteiger partial charge in [-0.3, -0.25) is 9.69 Å². The number of likely N-dealkylation sites (tertiary alicyclic amines) is 1. The molecule has 0 bridgehead atoms. The highest BCUT2D eigenvalue weighted by Gasteiger charge is 2.32. The Morgan fingerprint density at radius 1 is 1.12 bits per heavy atom. The molecular weight excluding hydrogens is 344 g/mol. The van der Waals surface area contributed by atoms with Crippen LogP contribution in [0.2, 0.25) is 0 Å². The summed E-state index contributed by atoms with van der Waals surface area (Å²) in [6.45, 7) is 4.05. The first-order valence-corrected chi connectivity index (χ1v) is 10.2. The second-order valence-corrected chi connectivity index (χ2v) is 8.49. The van der Waals surface area contributed by atoms with Gasteiger partial charge >= 0.3 is 0 Å². The van der Waals surface area contributed by atoms with Crippen molar-refractivity contribution < 1.29 is 4.79 Å². The van der Waals surface area contributed by atoms with E-state index < -0.39 is 0 Å². The lowest BCUT2D eigenvalue weighted by Crippen LogP contribution is -2.51. The minimum atomic E-state index is 0.0753. The third-order valence-electron chi connectivity index (χ3n) is 5.35. The fourth-order valence-corrected chi connectivity index (χ4v) is 4.62. The van der Waals surface area contributed by atoms with Gasteiger partial charge in [-0.15, -0.1) is 11.3 Å². The molecule has 4 rings (SSSR count). The molecule has 2 aliphatic heterocycles. The van der Waals surface area contributed by atoms with Crippen LogP contribution in [0.4, 0.5) is 0 Å². The predicted molar refractivity (Wildman–Crippen MR) is 105 cm³/mol. The fraction of sp³-hybridized carbons (Fsp3) is 0.450. The van der Waals surface area contributed by atoms with E-state index in [-0.39, 0.29) is 11.9 Å². The monoisotopic (exact) mass is 370 g/mol. The van der Waals surface area contributed by atoms with Crippen LogP contribution in [0, 0.1) is 6.92 Å². The standard InChI is InChI=1S/C20H26N4OS/c1-14-7-8-18(26-14)20(25)21-16-9-11-24(12-10-16)19-13-17(22-23-19)15-5-3-2-4-6-15/h2-8,16-17,19,22-23H,9-13H2,1H3,(H,21,25). The minimum Gasteiger partial charge on any atom is -0.349 e. The molecule has 3 N–H and O–H groups in total. The van der Waals surface area contributed by atoms with Crippen LogP contribution in [0.1, 0.15) is 45.4 Å². The maximum Gasteiger partial charge on any atom is 0.261 e. The normalized spacial score (nSPS) is 24.7. The van der Waals surface area contributed by atoms with E-state index in [2.05, 4.69) is 51.4 Å². The summed E-state index contributed by atoms with van der Waals surface area (Å²) in [5.41, 5.74) is 8.21. The van der Waals surface area contributed by atoms with E-state index in [9.17, 15) is 4.79 Å². The molecule has 1 aromatic carbocycles. The lowest BCUT2D eigenvalue weighted by molar-refractivity contribution is 0.0884. The second kappa shape index (κ2) is 7.88. The van der Waals surface area contributed by atoms with Crippen molar-refractivity contribution in [3.05, 3.63) is 57.8 Å². The Balaban J connectivity index is 1.26. The van der Waals surface area contributed by atoms with Gasteiger partial charge in [0.05, 0.1) is 11.0 Å². The summed E-state index contributed by atoms with van der Waals surface area (Å²) < 4.78 is 0. The molecule has 0 radical (unpaired) electrons. The number of nitrogens with zero attached hydrogens (tertiary/aromatic N) is 1. The lowest BCUT2D eigenvalue weighted by atomic mass is 10.0. The summed E-state index contributed by atoms with van der Waals surface area (Å²) in [6.07, 6.45) is 3.43.